The minimum Gasteiger partial charge on any atom is -0.496 e. The molecule has 0 aromatic heterocycles. The predicted octanol–water partition coefficient (Wildman–Crippen LogP) is 4.40. The van der Waals surface area contributed by atoms with Crippen LogP contribution < -0.4 is 4.74 Å². The molecule has 0 amide bonds. The van der Waals surface area contributed by atoms with E-state index in [1.54, 1.807) is 7.11 Å². The Bertz CT molecular complexity index is 496. The summed E-state index contributed by atoms with van der Waals surface area (Å²) < 4.78 is 10.8. The lowest BCUT2D eigenvalue weighted by Crippen LogP contribution is -2.20. The highest BCUT2D eigenvalue weighted by molar-refractivity contribution is 5.73. The first-order valence-electron chi connectivity index (χ1n) is 7.88. The smallest absolute Gasteiger partial charge is 0.310 e. The third kappa shape index (κ3) is 4.49. The molecular formula is C19H30O3. The van der Waals surface area contributed by atoms with E-state index < -0.39 is 0 Å². The van der Waals surface area contributed by atoms with Gasteiger partial charge in [-0.2, -0.15) is 0 Å². The van der Waals surface area contributed by atoms with Gasteiger partial charge in [0.2, 0.25) is 0 Å². The Morgan fingerprint density at radius 1 is 1.00 bits per heavy atom. The number of rotatable bonds is 4. The van der Waals surface area contributed by atoms with Crippen molar-refractivity contribution in [2.45, 2.75) is 65.7 Å². The van der Waals surface area contributed by atoms with Crippen LogP contribution in [0.3, 0.4) is 0 Å². The fourth-order valence-corrected chi connectivity index (χ4v) is 2.50. The van der Waals surface area contributed by atoms with Crippen molar-refractivity contribution >= 4 is 5.97 Å². The fraction of sp³-hybridized carbons (Fsp3) is 0.632. The van der Waals surface area contributed by atoms with Crippen molar-refractivity contribution in [3.05, 3.63) is 28.8 Å². The topological polar surface area (TPSA) is 35.5 Å². The molecule has 1 rings (SSSR count). The number of hydrogen-bond donors (Lipinski definition) is 0. The summed E-state index contributed by atoms with van der Waals surface area (Å²) >= 11 is 0. The van der Waals surface area contributed by atoms with Gasteiger partial charge in [-0.3, -0.25) is 4.79 Å². The van der Waals surface area contributed by atoms with Crippen LogP contribution in [0.25, 0.3) is 0 Å². The van der Waals surface area contributed by atoms with E-state index in [1.807, 2.05) is 6.92 Å². The van der Waals surface area contributed by atoms with E-state index in [0.29, 0.717) is 13.0 Å². The summed E-state index contributed by atoms with van der Waals surface area (Å²) in [6.45, 7) is 15.2. The Balaban J connectivity index is 3.46. The number of esters is 1. The molecule has 0 aliphatic carbocycles. The van der Waals surface area contributed by atoms with Crippen molar-refractivity contribution in [2.75, 3.05) is 13.7 Å². The van der Waals surface area contributed by atoms with Crippen molar-refractivity contribution < 1.29 is 14.3 Å². The molecule has 0 bridgehead atoms. The van der Waals surface area contributed by atoms with Crippen LogP contribution >= 0.6 is 0 Å². The molecule has 1 aromatic rings. The van der Waals surface area contributed by atoms with Gasteiger partial charge in [0.1, 0.15) is 5.75 Å². The average Bonchev–Trinajstić information content (AvgIpc) is 2.35. The van der Waals surface area contributed by atoms with Crippen LogP contribution in [-0.4, -0.2) is 19.7 Å². The van der Waals surface area contributed by atoms with Gasteiger partial charge in [0.15, 0.2) is 0 Å². The summed E-state index contributed by atoms with van der Waals surface area (Å²) in [4.78, 5) is 11.8. The maximum Gasteiger partial charge on any atom is 0.310 e. The SMILES string of the molecule is CCOC(=O)Cc1cc(C(C)(C)C)c(OC)c(C(C)(C)C)c1. The van der Waals surface area contributed by atoms with Gasteiger partial charge in [0.25, 0.3) is 0 Å². The molecule has 124 valence electrons. The molecule has 0 aliphatic rings. The molecule has 0 saturated carbocycles. The normalized spacial score (nSPS) is 12.2. The van der Waals surface area contributed by atoms with Crippen molar-refractivity contribution in [3.63, 3.8) is 0 Å². The first kappa shape index (κ1) is 18.5. The molecule has 0 heterocycles. The number of carbonyl (C=O) groups excluding carboxylic acids is 1. The highest BCUT2D eigenvalue weighted by Crippen LogP contribution is 2.40. The lowest BCUT2D eigenvalue weighted by molar-refractivity contribution is -0.142. The first-order chi connectivity index (χ1) is 10.0. The van der Waals surface area contributed by atoms with E-state index in [0.717, 1.165) is 22.4 Å². The van der Waals surface area contributed by atoms with Crippen LogP contribution in [-0.2, 0) is 26.8 Å². The molecule has 0 saturated heterocycles. The molecule has 0 unspecified atom stereocenters. The van der Waals surface area contributed by atoms with Crippen LogP contribution in [0.4, 0.5) is 0 Å². The highest BCUT2D eigenvalue weighted by atomic mass is 16.5. The molecule has 1 aromatic carbocycles. The van der Waals surface area contributed by atoms with Gasteiger partial charge in [0, 0.05) is 11.1 Å². The summed E-state index contributed by atoms with van der Waals surface area (Å²) in [5.41, 5.74) is 3.11. The molecule has 0 aliphatic heterocycles. The Labute approximate surface area is 135 Å². The Hall–Kier alpha value is -1.51. The molecule has 3 heteroatoms. The van der Waals surface area contributed by atoms with Gasteiger partial charge in [0.05, 0.1) is 20.1 Å². The molecule has 0 fully saturated rings. The van der Waals surface area contributed by atoms with E-state index in [1.165, 1.54) is 0 Å². The van der Waals surface area contributed by atoms with Gasteiger partial charge >= 0.3 is 5.97 Å². The molecular weight excluding hydrogens is 276 g/mol. The Morgan fingerprint density at radius 2 is 1.45 bits per heavy atom. The Kier molecular flexibility index (Phi) is 5.66. The standard InChI is InChI=1S/C19H30O3/c1-9-22-16(20)12-13-10-14(18(2,3)4)17(21-8)15(11-13)19(5,6)7/h10-11H,9,12H2,1-8H3. The van der Waals surface area contributed by atoms with E-state index >= 15 is 0 Å². The number of carbonyl (C=O) groups is 1. The quantitative estimate of drug-likeness (QED) is 0.774. The third-order valence-electron chi connectivity index (χ3n) is 3.62. The zero-order chi connectivity index (χ0) is 17.1. The van der Waals surface area contributed by atoms with Gasteiger partial charge in [-0.05, 0) is 23.3 Å². The zero-order valence-corrected chi connectivity index (χ0v) is 15.3. The molecule has 0 N–H and O–H groups in total. The van der Waals surface area contributed by atoms with Crippen LogP contribution in [0.1, 0.15) is 65.2 Å². The lowest BCUT2D eigenvalue weighted by Gasteiger charge is -2.30. The summed E-state index contributed by atoms with van der Waals surface area (Å²) in [7, 11) is 1.71. The molecule has 0 radical (unpaired) electrons. The maximum atomic E-state index is 11.8. The average molecular weight is 306 g/mol. The van der Waals surface area contributed by atoms with Crippen molar-refractivity contribution in [1.82, 2.24) is 0 Å². The van der Waals surface area contributed by atoms with E-state index in [4.69, 9.17) is 9.47 Å². The van der Waals surface area contributed by atoms with Crippen molar-refractivity contribution in [2.24, 2.45) is 0 Å². The fourth-order valence-electron chi connectivity index (χ4n) is 2.50. The van der Waals surface area contributed by atoms with E-state index in [9.17, 15) is 4.79 Å². The van der Waals surface area contributed by atoms with Gasteiger partial charge in [-0.1, -0.05) is 53.7 Å². The number of ether oxygens (including phenoxy) is 2. The highest BCUT2D eigenvalue weighted by Gasteiger charge is 2.27. The number of benzene rings is 1. The second kappa shape index (κ2) is 6.72. The molecule has 3 nitrogen and oxygen atoms in total. The molecule has 22 heavy (non-hydrogen) atoms. The molecule has 0 atom stereocenters. The van der Waals surface area contributed by atoms with Gasteiger partial charge < -0.3 is 9.47 Å². The van der Waals surface area contributed by atoms with Crippen molar-refractivity contribution in [3.8, 4) is 5.75 Å². The van der Waals surface area contributed by atoms with E-state index in [2.05, 4.69) is 53.7 Å². The summed E-state index contributed by atoms with van der Waals surface area (Å²) in [5, 5.41) is 0. The zero-order valence-electron chi connectivity index (χ0n) is 15.3. The lowest BCUT2D eigenvalue weighted by atomic mass is 9.78. The maximum absolute atomic E-state index is 11.8. The van der Waals surface area contributed by atoms with Gasteiger partial charge in [-0.25, -0.2) is 0 Å². The Morgan fingerprint density at radius 3 is 1.77 bits per heavy atom. The van der Waals surface area contributed by atoms with Crippen LogP contribution in [0.15, 0.2) is 12.1 Å². The molecule has 0 spiro atoms. The van der Waals surface area contributed by atoms with E-state index in [-0.39, 0.29) is 16.8 Å². The van der Waals surface area contributed by atoms with Gasteiger partial charge in [-0.15, -0.1) is 0 Å². The summed E-state index contributed by atoms with van der Waals surface area (Å²) in [5.74, 6) is 0.736. The second-order valence-corrected chi connectivity index (χ2v) is 7.71. The monoisotopic (exact) mass is 306 g/mol. The minimum absolute atomic E-state index is 0.0595. The summed E-state index contributed by atoms with van der Waals surface area (Å²) in [6, 6.07) is 4.15. The number of hydrogen-bond acceptors (Lipinski definition) is 3. The summed E-state index contributed by atoms with van der Waals surface area (Å²) in [6.07, 6.45) is 0.296. The van der Waals surface area contributed by atoms with Crippen LogP contribution in [0.2, 0.25) is 0 Å². The van der Waals surface area contributed by atoms with Crippen molar-refractivity contribution in [1.29, 1.82) is 0 Å². The largest absolute Gasteiger partial charge is 0.496 e. The minimum atomic E-state index is -0.188. The van der Waals surface area contributed by atoms with Crippen LogP contribution in [0, 0.1) is 0 Å². The first-order valence-corrected chi connectivity index (χ1v) is 7.88. The van der Waals surface area contributed by atoms with Crippen LogP contribution in [0.5, 0.6) is 5.75 Å². The third-order valence-corrected chi connectivity index (χ3v) is 3.62. The number of methoxy groups -OCH3 is 1. The second-order valence-electron chi connectivity index (χ2n) is 7.71. The predicted molar refractivity (Wildman–Crippen MR) is 90.7 cm³/mol.